The van der Waals surface area contributed by atoms with Gasteiger partial charge < -0.3 is 11.1 Å². The summed E-state index contributed by atoms with van der Waals surface area (Å²) in [6.07, 6.45) is 2.81. The number of anilines is 2. The fourth-order valence-electron chi connectivity index (χ4n) is 1.70. The molecule has 0 saturated heterocycles. The number of hydrogen-bond donors (Lipinski definition) is 2. The molecule has 1 aromatic heterocycles. The summed E-state index contributed by atoms with van der Waals surface area (Å²) in [5.74, 6) is 0.514. The van der Waals surface area contributed by atoms with E-state index in [0.29, 0.717) is 18.7 Å². The van der Waals surface area contributed by atoms with Gasteiger partial charge in [-0.2, -0.15) is 5.10 Å². The van der Waals surface area contributed by atoms with E-state index in [1.54, 1.807) is 24.0 Å². The molecule has 0 aliphatic heterocycles. The summed E-state index contributed by atoms with van der Waals surface area (Å²) in [7, 11) is 1.81. The maximum atomic E-state index is 11.7. The van der Waals surface area contributed by atoms with E-state index in [9.17, 15) is 4.79 Å². The highest BCUT2D eigenvalue weighted by atomic mass is 16.1. The van der Waals surface area contributed by atoms with Crippen LogP contribution >= 0.6 is 0 Å². The van der Waals surface area contributed by atoms with Crippen molar-refractivity contribution in [1.29, 1.82) is 0 Å². The quantitative estimate of drug-likeness (QED) is 0.802. The van der Waals surface area contributed by atoms with Crippen LogP contribution in [0.5, 0.6) is 0 Å². The van der Waals surface area contributed by atoms with Gasteiger partial charge in [0.15, 0.2) is 5.82 Å². The molecule has 2 rings (SSSR count). The monoisotopic (exact) mass is 244 g/mol. The maximum Gasteiger partial charge on any atom is 0.225 e. The summed E-state index contributed by atoms with van der Waals surface area (Å²) in [6.45, 7) is 0. The lowest BCUT2D eigenvalue weighted by Gasteiger charge is -2.05. The minimum Gasteiger partial charge on any atom is -0.399 e. The largest absolute Gasteiger partial charge is 0.399 e. The van der Waals surface area contributed by atoms with E-state index in [-0.39, 0.29) is 5.91 Å². The third kappa shape index (κ3) is 3.10. The number of benzene rings is 1. The van der Waals surface area contributed by atoms with Crippen LogP contribution in [0.4, 0.5) is 11.5 Å². The van der Waals surface area contributed by atoms with Crippen molar-refractivity contribution in [2.24, 2.45) is 7.05 Å². The molecule has 18 heavy (non-hydrogen) atoms. The number of rotatable bonds is 4. The molecule has 1 amide bonds. The van der Waals surface area contributed by atoms with E-state index in [1.807, 2.05) is 24.3 Å². The Morgan fingerprint density at radius 1 is 1.39 bits per heavy atom. The number of aryl methyl sites for hydroxylation is 2. The van der Waals surface area contributed by atoms with Crippen LogP contribution in [0, 0.1) is 0 Å². The predicted octanol–water partition coefficient (Wildman–Crippen LogP) is 1.57. The molecule has 3 N–H and O–H groups in total. The van der Waals surface area contributed by atoms with Gasteiger partial charge >= 0.3 is 0 Å². The minimum atomic E-state index is -0.0584. The van der Waals surface area contributed by atoms with Gasteiger partial charge in [-0.25, -0.2) is 0 Å². The Morgan fingerprint density at radius 2 is 2.17 bits per heavy atom. The first-order chi connectivity index (χ1) is 8.65. The third-order valence-corrected chi connectivity index (χ3v) is 2.66. The van der Waals surface area contributed by atoms with E-state index in [1.165, 1.54) is 0 Å². The second kappa shape index (κ2) is 5.35. The van der Waals surface area contributed by atoms with Gasteiger partial charge in [-0.1, -0.05) is 18.2 Å². The summed E-state index contributed by atoms with van der Waals surface area (Å²) in [5, 5.41) is 6.82. The van der Waals surface area contributed by atoms with Crippen LogP contribution in [0.1, 0.15) is 12.0 Å². The van der Waals surface area contributed by atoms with Crippen molar-refractivity contribution in [3.8, 4) is 0 Å². The Morgan fingerprint density at radius 3 is 2.83 bits per heavy atom. The van der Waals surface area contributed by atoms with E-state index in [0.717, 1.165) is 11.3 Å². The van der Waals surface area contributed by atoms with E-state index in [2.05, 4.69) is 10.4 Å². The zero-order chi connectivity index (χ0) is 13.0. The first-order valence-electron chi connectivity index (χ1n) is 5.78. The Kier molecular flexibility index (Phi) is 3.62. The van der Waals surface area contributed by atoms with Crippen LogP contribution in [0.3, 0.4) is 0 Å². The van der Waals surface area contributed by atoms with Crippen LogP contribution in [-0.2, 0) is 18.3 Å². The molecule has 1 heterocycles. The van der Waals surface area contributed by atoms with Gasteiger partial charge in [-0.05, 0) is 18.1 Å². The van der Waals surface area contributed by atoms with Crippen molar-refractivity contribution in [2.75, 3.05) is 11.1 Å². The number of carbonyl (C=O) groups is 1. The molecule has 0 atom stereocenters. The Bertz CT molecular complexity index is 547. The number of para-hydroxylation sites is 1. The Labute approximate surface area is 106 Å². The lowest BCUT2D eigenvalue weighted by molar-refractivity contribution is -0.116. The maximum absolute atomic E-state index is 11.7. The summed E-state index contributed by atoms with van der Waals surface area (Å²) in [4.78, 5) is 11.7. The highest BCUT2D eigenvalue weighted by Crippen LogP contribution is 2.13. The molecule has 0 aliphatic carbocycles. The summed E-state index contributed by atoms with van der Waals surface area (Å²) >= 11 is 0. The van der Waals surface area contributed by atoms with Crippen LogP contribution in [-0.4, -0.2) is 15.7 Å². The lowest BCUT2D eigenvalue weighted by atomic mass is 10.1. The molecule has 2 aromatic rings. The van der Waals surface area contributed by atoms with Crippen molar-refractivity contribution in [3.05, 3.63) is 42.1 Å². The van der Waals surface area contributed by atoms with Crippen molar-refractivity contribution < 1.29 is 4.79 Å². The average molecular weight is 244 g/mol. The molecule has 0 aliphatic rings. The molecular formula is C13H16N4O. The van der Waals surface area contributed by atoms with Crippen LogP contribution in [0.15, 0.2) is 36.5 Å². The highest BCUT2D eigenvalue weighted by Gasteiger charge is 2.06. The van der Waals surface area contributed by atoms with E-state index in [4.69, 9.17) is 5.73 Å². The topological polar surface area (TPSA) is 72.9 Å². The van der Waals surface area contributed by atoms with Crippen molar-refractivity contribution in [1.82, 2.24) is 9.78 Å². The Balaban J connectivity index is 1.87. The highest BCUT2D eigenvalue weighted by molar-refractivity contribution is 5.89. The van der Waals surface area contributed by atoms with Crippen LogP contribution < -0.4 is 11.1 Å². The second-order valence-electron chi connectivity index (χ2n) is 4.12. The Hall–Kier alpha value is -2.30. The fourth-order valence-corrected chi connectivity index (χ4v) is 1.70. The molecule has 5 nitrogen and oxygen atoms in total. The summed E-state index contributed by atoms with van der Waals surface area (Å²) in [6, 6.07) is 9.33. The van der Waals surface area contributed by atoms with Crippen molar-refractivity contribution in [3.63, 3.8) is 0 Å². The standard InChI is InChI=1S/C13H16N4O/c1-17-9-8-12(16-17)15-13(18)7-6-10-4-2-3-5-11(10)14/h2-5,8-9H,6-7,14H2,1H3,(H,15,16,18). The lowest BCUT2D eigenvalue weighted by Crippen LogP contribution is -2.13. The molecule has 1 aromatic carbocycles. The van der Waals surface area contributed by atoms with Gasteiger partial charge in [-0.3, -0.25) is 9.48 Å². The number of nitrogen functional groups attached to an aromatic ring is 1. The first kappa shape index (κ1) is 12.2. The van der Waals surface area contributed by atoms with Gasteiger partial charge in [0.05, 0.1) is 0 Å². The first-order valence-corrected chi connectivity index (χ1v) is 5.78. The molecule has 94 valence electrons. The number of aromatic nitrogens is 2. The molecule has 0 spiro atoms. The predicted molar refractivity (Wildman–Crippen MR) is 71.0 cm³/mol. The molecule has 0 radical (unpaired) electrons. The molecule has 0 saturated carbocycles. The number of nitrogens with two attached hydrogens (primary N) is 1. The van der Waals surface area contributed by atoms with E-state index >= 15 is 0 Å². The second-order valence-corrected chi connectivity index (χ2v) is 4.12. The minimum absolute atomic E-state index is 0.0584. The molecule has 0 unspecified atom stereocenters. The number of nitrogens with one attached hydrogen (secondary N) is 1. The molecule has 0 fully saturated rings. The number of amides is 1. The van der Waals surface area contributed by atoms with Gasteiger partial charge in [-0.15, -0.1) is 0 Å². The van der Waals surface area contributed by atoms with Crippen molar-refractivity contribution in [2.45, 2.75) is 12.8 Å². The number of hydrogen-bond acceptors (Lipinski definition) is 3. The summed E-state index contributed by atoms with van der Waals surface area (Å²) < 4.78 is 1.64. The van der Waals surface area contributed by atoms with Gasteiger partial charge in [0.1, 0.15) is 0 Å². The van der Waals surface area contributed by atoms with Gasteiger partial charge in [0.2, 0.25) is 5.91 Å². The van der Waals surface area contributed by atoms with Gasteiger partial charge in [0, 0.05) is 31.4 Å². The van der Waals surface area contributed by atoms with Gasteiger partial charge in [0.25, 0.3) is 0 Å². The average Bonchev–Trinajstić information content (AvgIpc) is 2.74. The molecular weight excluding hydrogens is 228 g/mol. The summed E-state index contributed by atoms with van der Waals surface area (Å²) in [5.41, 5.74) is 7.53. The van der Waals surface area contributed by atoms with Crippen LogP contribution in [0.25, 0.3) is 0 Å². The number of carbonyl (C=O) groups excluding carboxylic acids is 1. The molecule has 5 heteroatoms. The van der Waals surface area contributed by atoms with Crippen LogP contribution in [0.2, 0.25) is 0 Å². The van der Waals surface area contributed by atoms with E-state index < -0.39 is 0 Å². The fraction of sp³-hybridized carbons (Fsp3) is 0.231. The smallest absolute Gasteiger partial charge is 0.225 e. The van der Waals surface area contributed by atoms with Crippen molar-refractivity contribution >= 4 is 17.4 Å². The SMILES string of the molecule is Cn1ccc(NC(=O)CCc2ccccc2N)n1. The number of nitrogens with zero attached hydrogens (tertiary/aromatic N) is 2. The normalized spacial score (nSPS) is 10.3. The zero-order valence-corrected chi connectivity index (χ0v) is 10.3. The third-order valence-electron chi connectivity index (χ3n) is 2.66. The zero-order valence-electron chi connectivity index (χ0n) is 10.3. The molecule has 0 bridgehead atoms.